The fourth-order valence-electron chi connectivity index (χ4n) is 3.03. The SMILES string of the molecule is N#Cc1csc(CN2CCC(C(=O)NCc3ccccc3)CC2)c1. The number of nitriles is 1. The van der Waals surface area contributed by atoms with Gasteiger partial charge in [0.25, 0.3) is 0 Å². The summed E-state index contributed by atoms with van der Waals surface area (Å²) in [6.07, 6.45) is 1.80. The number of rotatable bonds is 5. The third kappa shape index (κ3) is 4.44. The third-order valence-corrected chi connectivity index (χ3v) is 5.35. The summed E-state index contributed by atoms with van der Waals surface area (Å²) < 4.78 is 0. The van der Waals surface area contributed by atoms with Crippen LogP contribution < -0.4 is 5.32 Å². The Balaban J connectivity index is 1.42. The first kappa shape index (κ1) is 16.7. The molecule has 0 atom stereocenters. The molecular formula is C19H21N3OS. The lowest BCUT2D eigenvalue weighted by molar-refractivity contribution is -0.126. The Morgan fingerprint density at radius 3 is 2.71 bits per heavy atom. The highest BCUT2D eigenvalue weighted by atomic mass is 32.1. The average molecular weight is 339 g/mol. The Kier molecular flexibility index (Phi) is 5.63. The predicted octanol–water partition coefficient (Wildman–Crippen LogP) is 3.15. The van der Waals surface area contributed by atoms with Crippen molar-refractivity contribution >= 4 is 17.2 Å². The first-order valence-corrected chi connectivity index (χ1v) is 9.14. The van der Waals surface area contributed by atoms with Crippen LogP contribution in [0.5, 0.6) is 0 Å². The minimum atomic E-state index is 0.114. The highest BCUT2D eigenvalue weighted by molar-refractivity contribution is 7.10. The van der Waals surface area contributed by atoms with Crippen LogP contribution in [0.4, 0.5) is 0 Å². The van der Waals surface area contributed by atoms with Gasteiger partial charge in [0.1, 0.15) is 6.07 Å². The Labute approximate surface area is 146 Å². The van der Waals surface area contributed by atoms with Gasteiger partial charge in [-0.2, -0.15) is 5.26 Å². The molecule has 24 heavy (non-hydrogen) atoms. The van der Waals surface area contributed by atoms with E-state index in [4.69, 9.17) is 5.26 Å². The maximum Gasteiger partial charge on any atom is 0.223 e. The van der Waals surface area contributed by atoms with E-state index in [-0.39, 0.29) is 11.8 Å². The normalized spacial score (nSPS) is 15.8. The van der Waals surface area contributed by atoms with Gasteiger partial charge < -0.3 is 5.32 Å². The van der Waals surface area contributed by atoms with Gasteiger partial charge in [0, 0.05) is 29.3 Å². The number of carbonyl (C=O) groups is 1. The van der Waals surface area contributed by atoms with Gasteiger partial charge in [0.05, 0.1) is 5.56 Å². The predicted molar refractivity (Wildman–Crippen MR) is 95.3 cm³/mol. The fraction of sp³-hybridized carbons (Fsp3) is 0.368. The maximum atomic E-state index is 12.3. The summed E-state index contributed by atoms with van der Waals surface area (Å²) in [6, 6.07) is 14.1. The summed E-state index contributed by atoms with van der Waals surface area (Å²) in [5.74, 6) is 0.282. The van der Waals surface area contributed by atoms with E-state index in [1.807, 2.05) is 41.8 Å². The van der Waals surface area contributed by atoms with E-state index in [0.717, 1.165) is 43.6 Å². The van der Waals surface area contributed by atoms with Gasteiger partial charge in [-0.25, -0.2) is 0 Å². The van der Waals surface area contributed by atoms with Crippen molar-refractivity contribution in [2.24, 2.45) is 5.92 Å². The molecule has 0 unspecified atom stereocenters. The average Bonchev–Trinajstić information content (AvgIpc) is 3.09. The second kappa shape index (κ2) is 8.09. The number of nitrogens with one attached hydrogen (secondary N) is 1. The molecule has 1 aliphatic rings. The number of hydrogen-bond acceptors (Lipinski definition) is 4. The van der Waals surface area contributed by atoms with Crippen LogP contribution in [-0.2, 0) is 17.9 Å². The first-order valence-electron chi connectivity index (χ1n) is 8.26. The molecule has 3 rings (SSSR count). The van der Waals surface area contributed by atoms with Crippen molar-refractivity contribution in [3.8, 4) is 6.07 Å². The topological polar surface area (TPSA) is 56.1 Å². The number of nitrogens with zero attached hydrogens (tertiary/aromatic N) is 2. The minimum absolute atomic E-state index is 0.114. The highest BCUT2D eigenvalue weighted by Crippen LogP contribution is 2.22. The number of thiophene rings is 1. The van der Waals surface area contributed by atoms with Gasteiger partial charge in [-0.15, -0.1) is 11.3 Å². The maximum absolute atomic E-state index is 12.3. The van der Waals surface area contributed by atoms with Crippen molar-refractivity contribution in [1.29, 1.82) is 5.26 Å². The zero-order valence-electron chi connectivity index (χ0n) is 13.6. The molecule has 1 aliphatic heterocycles. The molecule has 1 aromatic carbocycles. The third-order valence-electron chi connectivity index (χ3n) is 4.43. The summed E-state index contributed by atoms with van der Waals surface area (Å²) in [5.41, 5.74) is 1.87. The highest BCUT2D eigenvalue weighted by Gasteiger charge is 2.24. The molecule has 4 nitrogen and oxygen atoms in total. The van der Waals surface area contributed by atoms with Crippen LogP contribution in [0.15, 0.2) is 41.8 Å². The zero-order chi connectivity index (χ0) is 16.8. The summed E-state index contributed by atoms with van der Waals surface area (Å²) in [6.45, 7) is 3.35. The zero-order valence-corrected chi connectivity index (χ0v) is 14.4. The Bertz CT molecular complexity index is 712. The molecule has 0 spiro atoms. The van der Waals surface area contributed by atoms with Crippen LogP contribution in [0, 0.1) is 17.2 Å². The molecule has 0 bridgehead atoms. The molecule has 124 valence electrons. The molecule has 1 aromatic heterocycles. The van der Waals surface area contributed by atoms with Gasteiger partial charge in [0.15, 0.2) is 0 Å². The van der Waals surface area contributed by atoms with E-state index in [9.17, 15) is 4.79 Å². The molecule has 0 radical (unpaired) electrons. The molecule has 1 saturated heterocycles. The van der Waals surface area contributed by atoms with Gasteiger partial charge in [-0.05, 0) is 37.6 Å². The van der Waals surface area contributed by atoms with Crippen molar-refractivity contribution in [1.82, 2.24) is 10.2 Å². The number of carbonyl (C=O) groups excluding carboxylic acids is 1. The number of benzene rings is 1. The Morgan fingerprint density at radius 1 is 1.29 bits per heavy atom. The van der Waals surface area contributed by atoms with Crippen LogP contribution in [0.1, 0.15) is 28.8 Å². The van der Waals surface area contributed by atoms with Crippen molar-refractivity contribution in [2.45, 2.75) is 25.9 Å². The molecule has 0 saturated carbocycles. The van der Waals surface area contributed by atoms with Gasteiger partial charge in [0.2, 0.25) is 5.91 Å². The van der Waals surface area contributed by atoms with Crippen LogP contribution >= 0.6 is 11.3 Å². The number of piperidine rings is 1. The molecule has 1 N–H and O–H groups in total. The van der Waals surface area contributed by atoms with E-state index >= 15 is 0 Å². The lowest BCUT2D eigenvalue weighted by Gasteiger charge is -2.30. The summed E-state index contributed by atoms with van der Waals surface area (Å²) in [7, 11) is 0. The van der Waals surface area contributed by atoms with Gasteiger partial charge >= 0.3 is 0 Å². The largest absolute Gasteiger partial charge is 0.352 e. The molecule has 2 aromatic rings. The van der Waals surface area contributed by atoms with E-state index in [2.05, 4.69) is 16.3 Å². The van der Waals surface area contributed by atoms with Gasteiger partial charge in [-0.1, -0.05) is 30.3 Å². The van der Waals surface area contributed by atoms with E-state index in [0.29, 0.717) is 6.54 Å². The van der Waals surface area contributed by atoms with E-state index < -0.39 is 0 Å². The standard InChI is InChI=1S/C19H21N3OS/c20-11-16-10-18(24-14-16)13-22-8-6-17(7-9-22)19(23)21-12-15-4-2-1-3-5-15/h1-5,10,14,17H,6-9,12-13H2,(H,21,23). The Morgan fingerprint density at radius 2 is 2.04 bits per heavy atom. The molecular weight excluding hydrogens is 318 g/mol. The van der Waals surface area contributed by atoms with Crippen LogP contribution in [0.2, 0.25) is 0 Å². The lowest BCUT2D eigenvalue weighted by atomic mass is 9.95. The number of hydrogen-bond donors (Lipinski definition) is 1. The molecule has 1 amide bonds. The fourth-order valence-corrected chi connectivity index (χ4v) is 3.88. The van der Waals surface area contributed by atoms with Crippen molar-refractivity contribution < 1.29 is 4.79 Å². The molecule has 1 fully saturated rings. The summed E-state index contributed by atoms with van der Waals surface area (Å²) >= 11 is 1.64. The van der Waals surface area contributed by atoms with Crippen LogP contribution in [-0.4, -0.2) is 23.9 Å². The smallest absolute Gasteiger partial charge is 0.223 e. The van der Waals surface area contributed by atoms with Crippen LogP contribution in [0.3, 0.4) is 0 Å². The van der Waals surface area contributed by atoms with Crippen molar-refractivity contribution in [2.75, 3.05) is 13.1 Å². The van der Waals surface area contributed by atoms with Crippen LogP contribution in [0.25, 0.3) is 0 Å². The Hall–Kier alpha value is -2.16. The molecule has 2 heterocycles. The molecule has 5 heteroatoms. The number of likely N-dealkylation sites (tertiary alicyclic amines) is 1. The molecule has 0 aliphatic carbocycles. The monoisotopic (exact) mass is 339 g/mol. The van der Waals surface area contributed by atoms with E-state index in [1.165, 1.54) is 4.88 Å². The second-order valence-electron chi connectivity index (χ2n) is 6.17. The van der Waals surface area contributed by atoms with E-state index in [1.54, 1.807) is 11.3 Å². The lowest BCUT2D eigenvalue weighted by Crippen LogP contribution is -2.39. The quantitative estimate of drug-likeness (QED) is 0.910. The minimum Gasteiger partial charge on any atom is -0.352 e. The van der Waals surface area contributed by atoms with Crippen molar-refractivity contribution in [3.05, 3.63) is 57.8 Å². The second-order valence-corrected chi connectivity index (χ2v) is 7.16. The summed E-state index contributed by atoms with van der Waals surface area (Å²) in [5, 5.41) is 13.8. The first-order chi connectivity index (χ1) is 11.7. The van der Waals surface area contributed by atoms with Crippen molar-refractivity contribution in [3.63, 3.8) is 0 Å². The summed E-state index contributed by atoms with van der Waals surface area (Å²) in [4.78, 5) is 15.9. The number of amides is 1. The van der Waals surface area contributed by atoms with Gasteiger partial charge in [-0.3, -0.25) is 9.69 Å².